The molecule has 2 heterocycles. The number of amides is 1. The molecule has 0 saturated heterocycles. The summed E-state index contributed by atoms with van der Waals surface area (Å²) in [5.41, 5.74) is 1.93. The molecule has 1 aliphatic rings. The number of nitrogens with one attached hydrogen (secondary N) is 1. The zero-order chi connectivity index (χ0) is 17.1. The van der Waals surface area contributed by atoms with Gasteiger partial charge in [0.05, 0.1) is 5.25 Å². The van der Waals surface area contributed by atoms with E-state index in [4.69, 9.17) is 4.74 Å². The van der Waals surface area contributed by atoms with E-state index in [1.165, 1.54) is 10.5 Å². The SMILES string of the molecule is O=C(Nc1cccc(Oc2cccnn2)c1)[C@@H]1Cc2ccccc2S1. The summed E-state index contributed by atoms with van der Waals surface area (Å²) in [5.74, 6) is 1.01. The Bertz CT molecular complexity index is 877. The first-order chi connectivity index (χ1) is 12.3. The van der Waals surface area contributed by atoms with Crippen molar-refractivity contribution in [3.05, 3.63) is 72.4 Å². The molecule has 5 nitrogen and oxygen atoms in total. The Kier molecular flexibility index (Phi) is 4.35. The number of benzene rings is 2. The van der Waals surface area contributed by atoms with E-state index in [1.54, 1.807) is 36.2 Å². The second-order valence-corrected chi connectivity index (χ2v) is 6.84. The average molecular weight is 349 g/mol. The molecule has 0 fully saturated rings. The zero-order valence-corrected chi connectivity index (χ0v) is 14.1. The maximum absolute atomic E-state index is 12.6. The van der Waals surface area contributed by atoms with E-state index < -0.39 is 0 Å². The minimum Gasteiger partial charge on any atom is -0.437 e. The van der Waals surface area contributed by atoms with Gasteiger partial charge in [-0.1, -0.05) is 24.3 Å². The van der Waals surface area contributed by atoms with Gasteiger partial charge in [-0.05, 0) is 36.2 Å². The van der Waals surface area contributed by atoms with E-state index in [0.717, 1.165) is 6.42 Å². The summed E-state index contributed by atoms with van der Waals surface area (Å²) in [6.07, 6.45) is 2.34. The molecule has 0 aliphatic carbocycles. The molecule has 25 heavy (non-hydrogen) atoms. The second-order valence-electron chi connectivity index (χ2n) is 5.60. The number of hydrogen-bond donors (Lipinski definition) is 1. The van der Waals surface area contributed by atoms with Crippen LogP contribution >= 0.6 is 11.8 Å². The first-order valence-corrected chi connectivity index (χ1v) is 8.77. The van der Waals surface area contributed by atoms with Crippen molar-refractivity contribution in [1.29, 1.82) is 0 Å². The number of fused-ring (bicyclic) bond motifs is 1. The lowest BCUT2D eigenvalue weighted by Crippen LogP contribution is -2.24. The lowest BCUT2D eigenvalue weighted by molar-refractivity contribution is -0.115. The van der Waals surface area contributed by atoms with Gasteiger partial charge >= 0.3 is 0 Å². The molecule has 0 spiro atoms. The van der Waals surface area contributed by atoms with Crippen LogP contribution in [0.3, 0.4) is 0 Å². The van der Waals surface area contributed by atoms with Crippen LogP contribution in [-0.4, -0.2) is 21.4 Å². The van der Waals surface area contributed by atoms with Gasteiger partial charge < -0.3 is 10.1 Å². The van der Waals surface area contributed by atoms with Crippen molar-refractivity contribution < 1.29 is 9.53 Å². The lowest BCUT2D eigenvalue weighted by atomic mass is 10.1. The maximum atomic E-state index is 12.6. The Hall–Kier alpha value is -2.86. The summed E-state index contributed by atoms with van der Waals surface area (Å²) in [7, 11) is 0. The van der Waals surface area contributed by atoms with Crippen molar-refractivity contribution in [2.45, 2.75) is 16.6 Å². The van der Waals surface area contributed by atoms with Crippen molar-refractivity contribution in [2.75, 3.05) is 5.32 Å². The van der Waals surface area contributed by atoms with Gasteiger partial charge in [0, 0.05) is 28.9 Å². The number of thioether (sulfide) groups is 1. The normalized spacial score (nSPS) is 15.4. The van der Waals surface area contributed by atoms with E-state index in [9.17, 15) is 4.79 Å². The Morgan fingerprint density at radius 2 is 2.04 bits per heavy atom. The highest BCUT2D eigenvalue weighted by molar-refractivity contribution is 8.01. The number of aromatic nitrogens is 2. The van der Waals surface area contributed by atoms with E-state index in [1.807, 2.05) is 30.3 Å². The molecule has 1 amide bonds. The molecule has 0 unspecified atom stereocenters. The minimum atomic E-state index is -0.109. The Labute approximate surface area is 149 Å². The third-order valence-corrected chi connectivity index (χ3v) is 5.13. The van der Waals surface area contributed by atoms with E-state index >= 15 is 0 Å². The molecule has 4 rings (SSSR count). The van der Waals surface area contributed by atoms with Crippen molar-refractivity contribution in [3.63, 3.8) is 0 Å². The van der Waals surface area contributed by atoms with Crippen molar-refractivity contribution in [2.24, 2.45) is 0 Å². The molecule has 3 aromatic rings. The maximum Gasteiger partial charge on any atom is 0.238 e. The van der Waals surface area contributed by atoms with E-state index in [2.05, 4.69) is 27.6 Å². The number of anilines is 1. The van der Waals surface area contributed by atoms with Crippen molar-refractivity contribution in [3.8, 4) is 11.6 Å². The van der Waals surface area contributed by atoms with Crippen LogP contribution < -0.4 is 10.1 Å². The van der Waals surface area contributed by atoms with Gasteiger partial charge in [0.15, 0.2) is 0 Å². The van der Waals surface area contributed by atoms with Gasteiger partial charge in [-0.25, -0.2) is 0 Å². The van der Waals surface area contributed by atoms with Gasteiger partial charge in [-0.2, -0.15) is 5.10 Å². The highest BCUT2D eigenvalue weighted by atomic mass is 32.2. The Morgan fingerprint density at radius 3 is 2.88 bits per heavy atom. The predicted molar refractivity (Wildman–Crippen MR) is 97.0 cm³/mol. The number of nitrogens with zero attached hydrogens (tertiary/aromatic N) is 2. The Balaban J connectivity index is 1.43. The van der Waals surface area contributed by atoms with Crippen molar-refractivity contribution >= 4 is 23.4 Å². The van der Waals surface area contributed by atoms with Crippen LogP contribution in [0.25, 0.3) is 0 Å². The summed E-state index contributed by atoms with van der Waals surface area (Å²) in [5, 5.41) is 10.5. The predicted octanol–water partition coefficient (Wildman–Crippen LogP) is 3.92. The third-order valence-electron chi connectivity index (χ3n) is 3.81. The van der Waals surface area contributed by atoms with Crippen LogP contribution in [0.2, 0.25) is 0 Å². The van der Waals surface area contributed by atoms with E-state index in [-0.39, 0.29) is 11.2 Å². The van der Waals surface area contributed by atoms with Gasteiger partial charge in [0.2, 0.25) is 11.8 Å². The summed E-state index contributed by atoms with van der Waals surface area (Å²) in [6.45, 7) is 0. The molecule has 2 aromatic carbocycles. The molecular weight excluding hydrogens is 334 g/mol. The topological polar surface area (TPSA) is 64.1 Å². The Morgan fingerprint density at radius 1 is 1.12 bits per heavy atom. The van der Waals surface area contributed by atoms with Crippen LogP contribution in [0.5, 0.6) is 11.6 Å². The second kappa shape index (κ2) is 6.94. The lowest BCUT2D eigenvalue weighted by Gasteiger charge is -2.11. The van der Waals surface area contributed by atoms with Crippen molar-refractivity contribution in [1.82, 2.24) is 10.2 Å². The molecule has 1 aliphatic heterocycles. The average Bonchev–Trinajstić information content (AvgIpc) is 3.07. The fourth-order valence-corrected chi connectivity index (χ4v) is 3.85. The molecule has 6 heteroatoms. The molecule has 0 radical (unpaired) electrons. The number of ether oxygens (including phenoxy) is 1. The molecule has 1 N–H and O–H groups in total. The highest BCUT2D eigenvalue weighted by Gasteiger charge is 2.27. The van der Waals surface area contributed by atoms with Crippen LogP contribution in [0, 0.1) is 0 Å². The summed E-state index contributed by atoms with van der Waals surface area (Å²) >= 11 is 1.61. The number of rotatable bonds is 4. The van der Waals surface area contributed by atoms with Crippen LogP contribution in [0.15, 0.2) is 71.8 Å². The molecule has 124 valence electrons. The minimum absolute atomic E-state index is 0.00199. The van der Waals surface area contributed by atoms with Crippen LogP contribution in [0.4, 0.5) is 5.69 Å². The van der Waals surface area contributed by atoms with Crippen LogP contribution in [0.1, 0.15) is 5.56 Å². The zero-order valence-electron chi connectivity index (χ0n) is 13.3. The van der Waals surface area contributed by atoms with Crippen LogP contribution in [-0.2, 0) is 11.2 Å². The number of carbonyl (C=O) groups is 1. The largest absolute Gasteiger partial charge is 0.437 e. The smallest absolute Gasteiger partial charge is 0.238 e. The van der Waals surface area contributed by atoms with Gasteiger partial charge in [-0.3, -0.25) is 4.79 Å². The number of hydrogen-bond acceptors (Lipinski definition) is 5. The molecular formula is C19H15N3O2S. The third kappa shape index (κ3) is 3.64. The highest BCUT2D eigenvalue weighted by Crippen LogP contribution is 2.37. The first-order valence-electron chi connectivity index (χ1n) is 7.89. The molecule has 0 bridgehead atoms. The standard InChI is InChI=1S/C19H15N3O2S/c23-19(17-11-13-5-1-2-8-16(13)25-17)21-14-6-3-7-15(12-14)24-18-9-4-10-20-22-18/h1-10,12,17H,11H2,(H,21,23)/t17-/m0/s1. The fourth-order valence-electron chi connectivity index (χ4n) is 2.65. The summed E-state index contributed by atoms with van der Waals surface area (Å²) < 4.78 is 5.65. The quantitative estimate of drug-likeness (QED) is 0.773. The fraction of sp³-hybridized carbons (Fsp3) is 0.105. The summed E-state index contributed by atoms with van der Waals surface area (Å²) in [6, 6.07) is 18.9. The first kappa shape index (κ1) is 15.7. The molecule has 1 atom stereocenters. The van der Waals surface area contributed by atoms with Gasteiger partial charge in [0.25, 0.3) is 0 Å². The molecule has 1 aromatic heterocycles. The summed E-state index contributed by atoms with van der Waals surface area (Å²) in [4.78, 5) is 13.7. The number of carbonyl (C=O) groups excluding carboxylic acids is 1. The van der Waals surface area contributed by atoms with Gasteiger partial charge in [0.1, 0.15) is 5.75 Å². The monoisotopic (exact) mass is 349 g/mol. The van der Waals surface area contributed by atoms with E-state index in [0.29, 0.717) is 17.3 Å². The van der Waals surface area contributed by atoms with Gasteiger partial charge in [-0.15, -0.1) is 16.9 Å². The molecule has 0 saturated carbocycles.